The number of amides is 1. The number of methoxy groups -OCH3 is 1. The Labute approximate surface area is 237 Å². The van der Waals surface area contributed by atoms with Gasteiger partial charge in [-0.3, -0.25) is 4.79 Å². The summed E-state index contributed by atoms with van der Waals surface area (Å²) in [6.45, 7) is 4.20. The number of rotatable bonds is 14. The molecule has 0 atom stereocenters. The average molecular weight is 584 g/mol. The van der Waals surface area contributed by atoms with E-state index in [0.29, 0.717) is 46.5 Å². The number of hydrogen-bond acceptors (Lipinski definition) is 7. The Morgan fingerprint density at radius 3 is 2.53 bits per heavy atom. The molecule has 0 aliphatic heterocycles. The quantitative estimate of drug-likeness (QED) is 0.0866. The smallest absolute Gasteiger partial charge is 0.330 e. The summed E-state index contributed by atoms with van der Waals surface area (Å²) in [5.74, 6) is 0.342. The van der Waals surface area contributed by atoms with E-state index in [1.807, 2.05) is 0 Å². The number of anilines is 1. The maximum absolute atomic E-state index is 12.2. The minimum Gasteiger partial charge on any atom is -0.494 e. The van der Waals surface area contributed by atoms with Gasteiger partial charge in [0.2, 0.25) is 5.91 Å². The highest BCUT2D eigenvalue weighted by Gasteiger charge is 2.14. The van der Waals surface area contributed by atoms with Crippen LogP contribution in [0.15, 0.2) is 58.2 Å². The standard InChI is InChI=1S/C27H29Cl3N2O6/c1-4-36-26(34)12-9-19-7-10-20(11-8-19)31-25(33)6-5-14-38-32-18(2)22-16-21(37-15-13-24(29)30)17-23(28)27(22)35-3/h7-13,16-17H,4-6,14-15H2,1-3H3,(H,31,33). The lowest BCUT2D eigenvalue weighted by Crippen LogP contribution is -2.12. The predicted octanol–water partition coefficient (Wildman–Crippen LogP) is 6.78. The van der Waals surface area contributed by atoms with Crippen molar-refractivity contribution in [1.29, 1.82) is 0 Å². The Hall–Kier alpha value is -3.20. The van der Waals surface area contributed by atoms with Crippen LogP contribution in [0, 0.1) is 0 Å². The third-order valence-electron chi connectivity index (χ3n) is 4.83. The Kier molecular flexibility index (Phi) is 13.6. The molecule has 1 amide bonds. The van der Waals surface area contributed by atoms with Gasteiger partial charge in [0, 0.05) is 29.8 Å². The number of hydrogen-bond donors (Lipinski definition) is 1. The number of nitrogens with zero attached hydrogens (tertiary/aromatic N) is 1. The predicted molar refractivity (Wildman–Crippen MR) is 151 cm³/mol. The van der Waals surface area contributed by atoms with Gasteiger partial charge in [0.15, 0.2) is 0 Å². The van der Waals surface area contributed by atoms with Gasteiger partial charge in [-0.25, -0.2) is 4.79 Å². The van der Waals surface area contributed by atoms with Crippen molar-refractivity contribution in [3.63, 3.8) is 0 Å². The van der Waals surface area contributed by atoms with Gasteiger partial charge in [0.25, 0.3) is 0 Å². The molecule has 0 fully saturated rings. The average Bonchev–Trinajstić information content (AvgIpc) is 2.87. The molecular formula is C27H29Cl3N2O6. The molecule has 0 unspecified atom stereocenters. The summed E-state index contributed by atoms with van der Waals surface area (Å²) in [5.41, 5.74) is 2.56. The fraction of sp³-hybridized carbons (Fsp3) is 0.296. The molecule has 0 spiro atoms. The number of benzene rings is 2. The number of ether oxygens (including phenoxy) is 3. The molecule has 0 aromatic heterocycles. The Bertz CT molecular complexity index is 1180. The topological polar surface area (TPSA) is 95.5 Å². The van der Waals surface area contributed by atoms with Crippen LogP contribution in [0.1, 0.15) is 37.8 Å². The molecule has 1 N–H and O–H groups in total. The maximum atomic E-state index is 12.2. The Balaban J connectivity index is 1.84. The molecule has 0 radical (unpaired) electrons. The molecule has 2 aromatic rings. The summed E-state index contributed by atoms with van der Waals surface area (Å²) >= 11 is 17.5. The largest absolute Gasteiger partial charge is 0.494 e. The molecule has 8 nitrogen and oxygen atoms in total. The number of nitrogens with one attached hydrogen (secondary N) is 1. The van der Waals surface area contributed by atoms with E-state index in [2.05, 4.69) is 10.5 Å². The minimum absolute atomic E-state index is 0.0998. The van der Waals surface area contributed by atoms with E-state index in [1.54, 1.807) is 56.3 Å². The summed E-state index contributed by atoms with van der Waals surface area (Å²) in [7, 11) is 1.50. The molecule has 11 heteroatoms. The Morgan fingerprint density at radius 1 is 1.13 bits per heavy atom. The van der Waals surface area contributed by atoms with Crippen LogP contribution in [-0.4, -0.2) is 44.5 Å². The number of esters is 1. The summed E-state index contributed by atoms with van der Waals surface area (Å²) in [4.78, 5) is 29.0. The van der Waals surface area contributed by atoms with Gasteiger partial charge in [0.05, 0.1) is 24.5 Å². The Morgan fingerprint density at radius 2 is 1.87 bits per heavy atom. The van der Waals surface area contributed by atoms with Gasteiger partial charge in [-0.1, -0.05) is 52.1 Å². The lowest BCUT2D eigenvalue weighted by molar-refractivity contribution is -0.137. The molecular weight excluding hydrogens is 555 g/mol. The van der Waals surface area contributed by atoms with Crippen molar-refractivity contribution in [3.05, 3.63) is 69.2 Å². The summed E-state index contributed by atoms with van der Waals surface area (Å²) in [5, 5.41) is 7.29. The highest BCUT2D eigenvalue weighted by molar-refractivity contribution is 6.55. The first-order chi connectivity index (χ1) is 18.2. The van der Waals surface area contributed by atoms with Crippen LogP contribution in [0.3, 0.4) is 0 Å². The third kappa shape index (κ3) is 11.0. The summed E-state index contributed by atoms with van der Waals surface area (Å²) < 4.78 is 15.9. The molecule has 0 bridgehead atoms. The van der Waals surface area contributed by atoms with Crippen LogP contribution in [0.4, 0.5) is 5.69 Å². The SMILES string of the molecule is CCOC(=O)C=Cc1ccc(NC(=O)CCCON=C(C)c2cc(OCC=C(Cl)Cl)cc(Cl)c2OC)cc1. The van der Waals surface area contributed by atoms with Crippen molar-refractivity contribution in [2.75, 3.05) is 32.2 Å². The number of carbonyl (C=O) groups excluding carboxylic acids is 2. The van der Waals surface area contributed by atoms with Gasteiger partial charge < -0.3 is 24.4 Å². The molecule has 0 heterocycles. The number of oxime groups is 1. The molecule has 0 saturated carbocycles. The third-order valence-corrected chi connectivity index (χ3v) is 5.42. The van der Waals surface area contributed by atoms with Crippen LogP contribution in [0.5, 0.6) is 11.5 Å². The molecule has 0 aliphatic carbocycles. The molecule has 2 aromatic carbocycles. The van der Waals surface area contributed by atoms with E-state index >= 15 is 0 Å². The normalized spacial score (nSPS) is 11.2. The van der Waals surface area contributed by atoms with Gasteiger partial charge in [-0.05, 0) is 56.2 Å². The number of carbonyl (C=O) groups is 2. The monoisotopic (exact) mass is 582 g/mol. The number of halogens is 3. The summed E-state index contributed by atoms with van der Waals surface area (Å²) in [6.07, 6.45) is 5.20. The second-order valence-electron chi connectivity index (χ2n) is 7.66. The van der Waals surface area contributed by atoms with Gasteiger partial charge in [0.1, 0.15) is 29.2 Å². The van der Waals surface area contributed by atoms with Gasteiger partial charge >= 0.3 is 5.97 Å². The maximum Gasteiger partial charge on any atom is 0.330 e. The van der Waals surface area contributed by atoms with Crippen molar-refractivity contribution in [2.24, 2.45) is 5.16 Å². The van der Waals surface area contributed by atoms with Crippen molar-refractivity contribution in [2.45, 2.75) is 26.7 Å². The van der Waals surface area contributed by atoms with E-state index in [-0.39, 0.29) is 30.0 Å². The first kappa shape index (κ1) is 31.0. The van der Waals surface area contributed by atoms with Gasteiger partial charge in [-0.15, -0.1) is 0 Å². The first-order valence-electron chi connectivity index (χ1n) is 11.7. The van der Waals surface area contributed by atoms with Crippen molar-refractivity contribution in [1.82, 2.24) is 0 Å². The fourth-order valence-corrected chi connectivity index (χ4v) is 3.49. The molecule has 38 heavy (non-hydrogen) atoms. The zero-order valence-corrected chi connectivity index (χ0v) is 23.5. The van der Waals surface area contributed by atoms with Crippen LogP contribution in [-0.2, 0) is 19.2 Å². The van der Waals surface area contributed by atoms with Crippen molar-refractivity contribution < 1.29 is 28.6 Å². The van der Waals surface area contributed by atoms with Crippen LogP contribution in [0.25, 0.3) is 6.08 Å². The van der Waals surface area contributed by atoms with Gasteiger partial charge in [-0.2, -0.15) is 0 Å². The lowest BCUT2D eigenvalue weighted by Gasteiger charge is -2.13. The van der Waals surface area contributed by atoms with E-state index in [0.717, 1.165) is 5.56 Å². The molecule has 0 aliphatic rings. The van der Waals surface area contributed by atoms with Crippen molar-refractivity contribution in [3.8, 4) is 11.5 Å². The molecule has 2 rings (SSSR count). The highest BCUT2D eigenvalue weighted by atomic mass is 35.5. The zero-order chi connectivity index (χ0) is 27.9. The molecule has 0 saturated heterocycles. The van der Waals surface area contributed by atoms with E-state index in [1.165, 1.54) is 19.3 Å². The second-order valence-corrected chi connectivity index (χ2v) is 9.07. The van der Waals surface area contributed by atoms with E-state index in [4.69, 9.17) is 53.9 Å². The van der Waals surface area contributed by atoms with Crippen LogP contribution in [0.2, 0.25) is 5.02 Å². The van der Waals surface area contributed by atoms with Crippen molar-refractivity contribution >= 4 is 64.2 Å². The minimum atomic E-state index is -0.404. The second kappa shape index (κ2) is 16.6. The highest BCUT2D eigenvalue weighted by Crippen LogP contribution is 2.34. The van der Waals surface area contributed by atoms with Crippen LogP contribution >= 0.6 is 34.8 Å². The zero-order valence-electron chi connectivity index (χ0n) is 21.3. The van der Waals surface area contributed by atoms with E-state index in [9.17, 15) is 9.59 Å². The lowest BCUT2D eigenvalue weighted by atomic mass is 10.1. The fourth-order valence-electron chi connectivity index (χ4n) is 3.07. The van der Waals surface area contributed by atoms with E-state index < -0.39 is 5.97 Å². The summed E-state index contributed by atoms with van der Waals surface area (Å²) in [6, 6.07) is 10.4. The first-order valence-corrected chi connectivity index (χ1v) is 12.8. The molecule has 204 valence electrons. The van der Waals surface area contributed by atoms with Crippen LogP contribution < -0.4 is 14.8 Å².